The third-order valence-electron chi connectivity index (χ3n) is 2.84. The molecule has 0 unspecified atom stereocenters. The average Bonchev–Trinajstić information content (AvgIpc) is 2.58. The Labute approximate surface area is 124 Å². The van der Waals surface area contributed by atoms with Crippen molar-refractivity contribution in [2.45, 2.75) is 20.8 Å². The molecular weight excluding hydrogens is 332 g/mol. The van der Waals surface area contributed by atoms with Gasteiger partial charge in [0.2, 0.25) is 0 Å². The van der Waals surface area contributed by atoms with Gasteiger partial charge in [0, 0.05) is 16.2 Å². The lowest BCUT2D eigenvalue weighted by Gasteiger charge is -2.07. The second-order valence-corrected chi connectivity index (χ2v) is 5.43. The summed E-state index contributed by atoms with van der Waals surface area (Å²) in [7, 11) is 0. The van der Waals surface area contributed by atoms with E-state index in [0.717, 1.165) is 15.8 Å². The van der Waals surface area contributed by atoms with Crippen LogP contribution in [0.5, 0.6) is 0 Å². The number of nitrogens with one attached hydrogen (secondary N) is 1. The van der Waals surface area contributed by atoms with Crippen LogP contribution in [0.25, 0.3) is 0 Å². The zero-order valence-electron chi connectivity index (χ0n) is 10.7. The highest BCUT2D eigenvalue weighted by atomic mass is 79.9. The van der Waals surface area contributed by atoms with Gasteiger partial charge in [0.05, 0.1) is 11.3 Å². The zero-order valence-corrected chi connectivity index (χ0v) is 13.0. The van der Waals surface area contributed by atoms with Crippen molar-refractivity contribution in [2.24, 2.45) is 0 Å². The molecule has 0 bridgehead atoms. The molecule has 0 saturated carbocycles. The fourth-order valence-electron chi connectivity index (χ4n) is 1.82. The molecule has 0 aliphatic carbocycles. The number of aryl methyl sites for hydroxylation is 2. The van der Waals surface area contributed by atoms with Gasteiger partial charge < -0.3 is 9.73 Å². The molecule has 100 valence electrons. The number of aromatic nitrogens is 1. The highest BCUT2D eigenvalue weighted by molar-refractivity contribution is 9.10. The molecule has 1 amide bonds. The van der Waals surface area contributed by atoms with Crippen LogP contribution in [0.2, 0.25) is 5.15 Å². The molecule has 0 fully saturated rings. The predicted molar refractivity (Wildman–Crippen MR) is 77.8 cm³/mol. The van der Waals surface area contributed by atoms with Gasteiger partial charge >= 0.3 is 0 Å². The Morgan fingerprint density at radius 3 is 2.63 bits per heavy atom. The molecule has 6 heteroatoms. The van der Waals surface area contributed by atoms with Crippen molar-refractivity contribution in [1.82, 2.24) is 4.98 Å². The quantitative estimate of drug-likeness (QED) is 0.829. The Kier molecular flexibility index (Phi) is 3.96. The second kappa shape index (κ2) is 5.35. The summed E-state index contributed by atoms with van der Waals surface area (Å²) in [5.41, 5.74) is 1.82. The summed E-state index contributed by atoms with van der Waals surface area (Å²) in [5.74, 6) is 1.07. The number of nitrogens with zero attached hydrogens (tertiary/aromatic N) is 1. The zero-order chi connectivity index (χ0) is 14.2. The van der Waals surface area contributed by atoms with E-state index in [1.54, 1.807) is 19.2 Å². The van der Waals surface area contributed by atoms with E-state index >= 15 is 0 Å². The van der Waals surface area contributed by atoms with E-state index in [0.29, 0.717) is 17.0 Å². The third-order valence-corrected chi connectivity index (χ3v) is 3.58. The maximum atomic E-state index is 12.3. The number of carbonyl (C=O) groups excluding carboxylic acids is 1. The van der Waals surface area contributed by atoms with Gasteiger partial charge in [-0.25, -0.2) is 4.98 Å². The van der Waals surface area contributed by atoms with Crippen molar-refractivity contribution < 1.29 is 9.21 Å². The number of carbonyl (C=O) groups is 1. The molecule has 2 aromatic heterocycles. The molecule has 19 heavy (non-hydrogen) atoms. The highest BCUT2D eigenvalue weighted by Crippen LogP contribution is 2.26. The molecule has 2 aromatic rings. The van der Waals surface area contributed by atoms with Crippen molar-refractivity contribution in [2.75, 3.05) is 5.32 Å². The van der Waals surface area contributed by atoms with E-state index < -0.39 is 0 Å². The number of amides is 1. The summed E-state index contributed by atoms with van der Waals surface area (Å²) in [6.45, 7) is 5.43. The summed E-state index contributed by atoms with van der Waals surface area (Å²) < 4.78 is 6.18. The largest absolute Gasteiger partial charge is 0.466 e. The minimum Gasteiger partial charge on any atom is -0.466 e. The van der Waals surface area contributed by atoms with Gasteiger partial charge in [-0.2, -0.15) is 0 Å². The van der Waals surface area contributed by atoms with Crippen LogP contribution in [0.4, 0.5) is 5.69 Å². The predicted octanol–water partition coefficient (Wildman–Crippen LogP) is 4.27. The number of rotatable bonds is 2. The molecule has 0 atom stereocenters. The Hall–Kier alpha value is -1.33. The van der Waals surface area contributed by atoms with Crippen LogP contribution < -0.4 is 5.32 Å². The number of hydrogen-bond donors (Lipinski definition) is 1. The Balaban J connectivity index is 2.33. The first-order valence-corrected chi connectivity index (χ1v) is 6.76. The highest BCUT2D eigenvalue weighted by Gasteiger charge is 2.19. The minimum absolute atomic E-state index is 0.243. The van der Waals surface area contributed by atoms with Gasteiger partial charge in [0.25, 0.3) is 5.91 Å². The van der Waals surface area contributed by atoms with Crippen molar-refractivity contribution in [3.63, 3.8) is 0 Å². The summed E-state index contributed by atoms with van der Waals surface area (Å²) in [6, 6.07) is 1.70. The Bertz CT molecular complexity index is 652. The molecule has 0 aliphatic rings. The van der Waals surface area contributed by atoms with Gasteiger partial charge in [-0.05, 0) is 42.8 Å². The topological polar surface area (TPSA) is 55.1 Å². The van der Waals surface area contributed by atoms with Gasteiger partial charge in [-0.3, -0.25) is 4.79 Å². The van der Waals surface area contributed by atoms with E-state index in [1.807, 2.05) is 13.8 Å². The smallest absolute Gasteiger partial charge is 0.259 e. The fourth-order valence-corrected chi connectivity index (χ4v) is 2.30. The lowest BCUT2D eigenvalue weighted by Crippen LogP contribution is -2.14. The van der Waals surface area contributed by atoms with Crippen molar-refractivity contribution in [3.8, 4) is 0 Å². The van der Waals surface area contributed by atoms with E-state index in [9.17, 15) is 4.79 Å². The number of anilines is 1. The lowest BCUT2D eigenvalue weighted by atomic mass is 10.1. The van der Waals surface area contributed by atoms with Gasteiger partial charge in [-0.15, -0.1) is 0 Å². The van der Waals surface area contributed by atoms with Crippen LogP contribution in [0.3, 0.4) is 0 Å². The molecule has 0 radical (unpaired) electrons. The van der Waals surface area contributed by atoms with Crippen LogP contribution >= 0.6 is 27.5 Å². The summed E-state index contributed by atoms with van der Waals surface area (Å²) >= 11 is 9.23. The SMILES string of the molecule is Cc1oc(C)c(C(=O)Nc2cc(Br)cnc2Cl)c1C. The molecule has 0 aliphatic heterocycles. The maximum absolute atomic E-state index is 12.3. The van der Waals surface area contributed by atoms with E-state index in [-0.39, 0.29) is 11.1 Å². The van der Waals surface area contributed by atoms with Crippen LogP contribution in [0.1, 0.15) is 27.4 Å². The number of furan rings is 1. The van der Waals surface area contributed by atoms with E-state index in [2.05, 4.69) is 26.2 Å². The Morgan fingerprint density at radius 2 is 2.05 bits per heavy atom. The molecule has 0 saturated heterocycles. The standard InChI is InChI=1S/C13H12BrClN2O2/c1-6-7(2)19-8(3)11(6)13(18)17-10-4-9(14)5-16-12(10)15/h4-5H,1-3H3,(H,17,18). The molecule has 0 spiro atoms. The van der Waals surface area contributed by atoms with Gasteiger partial charge in [-0.1, -0.05) is 11.6 Å². The lowest BCUT2D eigenvalue weighted by molar-refractivity contribution is 0.102. The molecule has 4 nitrogen and oxygen atoms in total. The van der Waals surface area contributed by atoms with Crippen LogP contribution in [0.15, 0.2) is 21.2 Å². The number of pyridine rings is 1. The van der Waals surface area contributed by atoms with Crippen LogP contribution in [0, 0.1) is 20.8 Å². The van der Waals surface area contributed by atoms with Crippen LogP contribution in [-0.2, 0) is 0 Å². The Morgan fingerprint density at radius 1 is 1.37 bits per heavy atom. The van der Waals surface area contributed by atoms with Crippen molar-refractivity contribution >= 4 is 39.1 Å². The van der Waals surface area contributed by atoms with Crippen LogP contribution in [-0.4, -0.2) is 10.9 Å². The maximum Gasteiger partial charge on any atom is 0.259 e. The van der Waals surface area contributed by atoms with Crippen molar-refractivity contribution in [3.05, 3.63) is 44.5 Å². The number of hydrogen-bond acceptors (Lipinski definition) is 3. The molecule has 0 aromatic carbocycles. The minimum atomic E-state index is -0.256. The normalized spacial score (nSPS) is 10.6. The van der Waals surface area contributed by atoms with E-state index in [1.165, 1.54) is 0 Å². The van der Waals surface area contributed by atoms with Gasteiger partial charge in [0.1, 0.15) is 11.5 Å². The molecular formula is C13H12BrClN2O2. The monoisotopic (exact) mass is 342 g/mol. The fraction of sp³-hybridized carbons (Fsp3) is 0.231. The first kappa shape index (κ1) is 14.1. The molecule has 2 rings (SSSR count). The summed E-state index contributed by atoms with van der Waals surface area (Å²) in [5, 5.41) is 2.98. The average molecular weight is 344 g/mol. The first-order valence-electron chi connectivity index (χ1n) is 5.59. The number of halogens is 2. The van der Waals surface area contributed by atoms with E-state index in [4.69, 9.17) is 16.0 Å². The first-order chi connectivity index (χ1) is 8.90. The molecule has 2 heterocycles. The summed E-state index contributed by atoms with van der Waals surface area (Å²) in [6.07, 6.45) is 1.57. The molecule has 1 N–H and O–H groups in total. The van der Waals surface area contributed by atoms with Crippen molar-refractivity contribution in [1.29, 1.82) is 0 Å². The summed E-state index contributed by atoms with van der Waals surface area (Å²) in [4.78, 5) is 16.2. The second-order valence-electron chi connectivity index (χ2n) is 4.16. The van der Waals surface area contributed by atoms with Gasteiger partial charge in [0.15, 0.2) is 5.15 Å². The third kappa shape index (κ3) is 2.82.